The zero-order chi connectivity index (χ0) is 18.8. The van der Waals surface area contributed by atoms with Crippen LogP contribution in [0.2, 0.25) is 0 Å². The minimum absolute atomic E-state index is 0.177. The van der Waals surface area contributed by atoms with Crippen LogP contribution in [0.4, 0.5) is 0 Å². The lowest BCUT2D eigenvalue weighted by Crippen LogP contribution is -2.42. The van der Waals surface area contributed by atoms with E-state index in [1.54, 1.807) is 0 Å². The molecule has 9 heteroatoms. The molecule has 1 atom stereocenters. The summed E-state index contributed by atoms with van der Waals surface area (Å²) in [6.07, 6.45) is 2.12. The number of rotatable bonds is 17. The molecule has 0 saturated heterocycles. The molecule has 0 bridgehead atoms. The second-order valence-corrected chi connectivity index (χ2v) is 6.41. The second-order valence-electron chi connectivity index (χ2n) is 5.31. The summed E-state index contributed by atoms with van der Waals surface area (Å²) in [6, 6.07) is -0.601. The topological polar surface area (TPSA) is 112 Å². The van der Waals surface area contributed by atoms with Gasteiger partial charge in [-0.2, -0.15) is 0 Å². The highest BCUT2D eigenvalue weighted by Gasteiger charge is 2.20. The van der Waals surface area contributed by atoms with Crippen molar-refractivity contribution in [2.24, 2.45) is 5.73 Å². The summed E-state index contributed by atoms with van der Waals surface area (Å²) in [6.45, 7) is 3.73. The lowest BCUT2D eigenvalue weighted by Gasteiger charge is -2.16. The van der Waals surface area contributed by atoms with Crippen LogP contribution in [0.3, 0.4) is 0 Å². The number of carbonyl (C=O) groups excluding carboxylic acids is 2. The van der Waals surface area contributed by atoms with Crippen LogP contribution >= 0.6 is 11.8 Å². The van der Waals surface area contributed by atoms with E-state index in [9.17, 15) is 9.59 Å². The summed E-state index contributed by atoms with van der Waals surface area (Å²) >= 11 is 1.46. The van der Waals surface area contributed by atoms with Gasteiger partial charge in [0.05, 0.1) is 39.3 Å². The number of amides is 1. The molecule has 0 aliphatic rings. The monoisotopic (exact) mass is 379 g/mol. The van der Waals surface area contributed by atoms with Gasteiger partial charge in [-0.1, -0.05) is 0 Å². The van der Waals surface area contributed by atoms with Gasteiger partial charge in [0.25, 0.3) is 0 Å². The van der Waals surface area contributed by atoms with Gasteiger partial charge >= 0.3 is 5.97 Å². The Bertz CT molecular complexity index is 348. The number of hydrogen-bond acceptors (Lipinski definition) is 8. The summed E-state index contributed by atoms with van der Waals surface area (Å²) in [7, 11) is 3.19. The number of likely N-dealkylation sites (N-methyl/N-ethyl adjacent to an activating group) is 1. The average Bonchev–Trinajstić information content (AvgIpc) is 2.62. The third-order valence-corrected chi connectivity index (χ3v) is 4.16. The first kappa shape index (κ1) is 24.1. The number of methoxy groups -OCH3 is 1. The fourth-order valence-corrected chi connectivity index (χ4v) is 2.55. The van der Waals surface area contributed by atoms with Crippen LogP contribution in [-0.4, -0.2) is 83.1 Å². The van der Waals surface area contributed by atoms with Crippen molar-refractivity contribution < 1.29 is 23.8 Å². The molecule has 8 nitrogen and oxygen atoms in total. The summed E-state index contributed by atoms with van der Waals surface area (Å²) in [5, 5.41) is 5.71. The van der Waals surface area contributed by atoms with Crippen LogP contribution in [0.1, 0.15) is 19.3 Å². The lowest BCUT2D eigenvalue weighted by atomic mass is 10.1. The first-order valence-electron chi connectivity index (χ1n) is 8.60. The van der Waals surface area contributed by atoms with Gasteiger partial charge in [-0.15, -0.1) is 11.8 Å². The molecule has 1 unspecified atom stereocenters. The van der Waals surface area contributed by atoms with Gasteiger partial charge in [0.15, 0.2) is 0 Å². The lowest BCUT2D eigenvalue weighted by molar-refractivity contribution is -0.145. The molecule has 0 aromatic carbocycles. The molecule has 0 aromatic heterocycles. The van der Waals surface area contributed by atoms with Crippen LogP contribution in [0.25, 0.3) is 0 Å². The van der Waals surface area contributed by atoms with Crippen LogP contribution in [-0.2, 0) is 23.8 Å². The zero-order valence-electron chi connectivity index (χ0n) is 15.4. The molecule has 0 saturated carbocycles. The highest BCUT2D eigenvalue weighted by atomic mass is 32.2. The van der Waals surface area contributed by atoms with E-state index in [1.807, 2.05) is 7.05 Å². The summed E-state index contributed by atoms with van der Waals surface area (Å²) in [5.74, 6) is 0.396. The van der Waals surface area contributed by atoms with Gasteiger partial charge < -0.3 is 30.6 Å². The van der Waals surface area contributed by atoms with Crippen LogP contribution in [0, 0.1) is 0 Å². The van der Waals surface area contributed by atoms with Gasteiger partial charge in [-0.3, -0.25) is 4.79 Å². The molecule has 0 aliphatic carbocycles. The molecule has 0 rings (SSSR count). The Morgan fingerprint density at radius 3 is 2.48 bits per heavy atom. The Kier molecular flexibility index (Phi) is 17.3. The van der Waals surface area contributed by atoms with Crippen molar-refractivity contribution >= 4 is 23.6 Å². The fourth-order valence-electron chi connectivity index (χ4n) is 1.90. The Morgan fingerprint density at radius 2 is 1.84 bits per heavy atom. The predicted octanol–water partition coefficient (Wildman–Crippen LogP) is -0.241. The quantitative estimate of drug-likeness (QED) is 0.234. The number of carbonyl (C=O) groups is 2. The van der Waals surface area contributed by atoms with E-state index >= 15 is 0 Å². The Labute approximate surface area is 154 Å². The van der Waals surface area contributed by atoms with E-state index < -0.39 is 12.0 Å². The van der Waals surface area contributed by atoms with Crippen molar-refractivity contribution in [3.63, 3.8) is 0 Å². The summed E-state index contributed by atoms with van der Waals surface area (Å²) in [5.41, 5.74) is 5.44. The third-order valence-electron chi connectivity index (χ3n) is 3.24. The number of ether oxygens (including phenoxy) is 3. The summed E-state index contributed by atoms with van der Waals surface area (Å²) in [4.78, 5) is 23.6. The average molecular weight is 380 g/mol. The van der Waals surface area contributed by atoms with Gasteiger partial charge in [0, 0.05) is 12.3 Å². The minimum Gasteiger partial charge on any atom is -0.467 e. The first-order valence-corrected chi connectivity index (χ1v) is 9.76. The van der Waals surface area contributed by atoms with E-state index in [1.165, 1.54) is 18.9 Å². The van der Waals surface area contributed by atoms with Gasteiger partial charge in [-0.25, -0.2) is 4.79 Å². The standard InChI is InChI=1S/C16H33N3O5S/c1-18-7-8-23-9-10-24-11-12-25-13-15(20)19-14(16(21)22-2)5-3-4-6-17/h14,18H,3-13,17H2,1-2H3,(H,19,20). The van der Waals surface area contributed by atoms with E-state index in [2.05, 4.69) is 10.6 Å². The largest absolute Gasteiger partial charge is 0.467 e. The molecule has 25 heavy (non-hydrogen) atoms. The van der Waals surface area contributed by atoms with Gasteiger partial charge in [-0.05, 0) is 32.9 Å². The Balaban J connectivity index is 3.69. The van der Waals surface area contributed by atoms with Crippen molar-refractivity contribution in [1.29, 1.82) is 0 Å². The molecule has 1 amide bonds. The Hall–Kier alpha value is -0.870. The maximum Gasteiger partial charge on any atom is 0.328 e. The van der Waals surface area contributed by atoms with E-state index in [0.717, 1.165) is 19.4 Å². The maximum atomic E-state index is 11.9. The predicted molar refractivity (Wildman–Crippen MR) is 99.7 cm³/mol. The van der Waals surface area contributed by atoms with Crippen molar-refractivity contribution in [3.05, 3.63) is 0 Å². The minimum atomic E-state index is -0.601. The van der Waals surface area contributed by atoms with Gasteiger partial charge in [0.2, 0.25) is 5.91 Å². The fraction of sp³-hybridized carbons (Fsp3) is 0.875. The zero-order valence-corrected chi connectivity index (χ0v) is 16.2. The van der Waals surface area contributed by atoms with Crippen LogP contribution in [0.15, 0.2) is 0 Å². The molecule has 4 N–H and O–H groups in total. The van der Waals surface area contributed by atoms with Crippen molar-refractivity contribution in [2.45, 2.75) is 25.3 Å². The van der Waals surface area contributed by atoms with Crippen molar-refractivity contribution in [1.82, 2.24) is 10.6 Å². The van der Waals surface area contributed by atoms with Crippen molar-refractivity contribution in [2.75, 3.05) is 65.2 Å². The number of esters is 1. The summed E-state index contributed by atoms with van der Waals surface area (Å²) < 4.78 is 15.5. The SMILES string of the molecule is CNCCOCCOCCSCC(=O)NC(CCCCN)C(=O)OC. The highest BCUT2D eigenvalue weighted by Crippen LogP contribution is 2.04. The van der Waals surface area contributed by atoms with E-state index in [4.69, 9.17) is 19.9 Å². The number of thioether (sulfide) groups is 1. The van der Waals surface area contributed by atoms with E-state index in [0.29, 0.717) is 45.1 Å². The number of unbranched alkanes of at least 4 members (excludes halogenated alkanes) is 1. The molecule has 0 fully saturated rings. The number of nitrogens with one attached hydrogen (secondary N) is 2. The first-order chi connectivity index (χ1) is 12.2. The normalized spacial score (nSPS) is 12.0. The molecule has 0 radical (unpaired) electrons. The third kappa shape index (κ3) is 15.1. The molecular formula is C16H33N3O5S. The molecule has 0 aliphatic heterocycles. The number of nitrogens with two attached hydrogens (primary N) is 1. The van der Waals surface area contributed by atoms with Gasteiger partial charge in [0.1, 0.15) is 6.04 Å². The highest BCUT2D eigenvalue weighted by molar-refractivity contribution is 7.99. The molecule has 0 aromatic rings. The van der Waals surface area contributed by atoms with E-state index in [-0.39, 0.29) is 11.7 Å². The Morgan fingerprint density at radius 1 is 1.12 bits per heavy atom. The second kappa shape index (κ2) is 17.9. The van der Waals surface area contributed by atoms with Crippen LogP contribution < -0.4 is 16.4 Å². The molecule has 0 spiro atoms. The molecule has 0 heterocycles. The maximum absolute atomic E-state index is 11.9. The smallest absolute Gasteiger partial charge is 0.328 e. The van der Waals surface area contributed by atoms with Crippen LogP contribution in [0.5, 0.6) is 0 Å². The van der Waals surface area contributed by atoms with Crippen molar-refractivity contribution in [3.8, 4) is 0 Å². The number of hydrogen-bond donors (Lipinski definition) is 3. The molecular weight excluding hydrogens is 346 g/mol. The molecule has 148 valence electrons.